The highest BCUT2D eigenvalue weighted by Gasteiger charge is 2.20. The van der Waals surface area contributed by atoms with Crippen LogP contribution in [0, 0.1) is 0 Å². The van der Waals surface area contributed by atoms with E-state index in [1.54, 1.807) is 0 Å². The summed E-state index contributed by atoms with van der Waals surface area (Å²) in [7, 11) is 0. The van der Waals surface area contributed by atoms with Crippen LogP contribution in [-0.2, 0) is 14.3 Å². The highest BCUT2D eigenvalue weighted by atomic mass is 16.5. The van der Waals surface area contributed by atoms with Gasteiger partial charge in [0.2, 0.25) is 5.91 Å². The van der Waals surface area contributed by atoms with Gasteiger partial charge >= 0.3 is 5.97 Å². The Labute approximate surface area is 374 Å². The predicted octanol–water partition coefficient (Wildman–Crippen LogP) is 16.1. The second kappa shape index (κ2) is 50.2. The zero-order chi connectivity index (χ0) is 43.7. The highest BCUT2D eigenvalue weighted by Crippen LogP contribution is 2.17. The molecule has 2 unspecified atom stereocenters. The minimum Gasteiger partial charge on any atom is -0.466 e. The maximum absolute atomic E-state index is 12.4. The summed E-state index contributed by atoms with van der Waals surface area (Å²) < 4.78 is 5.46. The standard InChI is InChI=1S/C54H105NO5/c1-3-5-7-9-11-13-15-17-19-20-22-26-30-34-38-42-46-52(57)51(50-56)55-53(58)47-43-39-35-31-27-23-21-25-29-33-37-41-45-49-60-54(59)48-44-40-36-32-28-24-18-16-14-12-10-8-6-4-2/h23,27,51-52,56-57H,3-22,24-26,28-50H2,1-2H3,(H,55,58)/b27-23-. The Bertz CT molecular complexity index is 893. The average Bonchev–Trinajstić information content (AvgIpc) is 3.25. The van der Waals surface area contributed by atoms with Crippen molar-refractivity contribution in [1.29, 1.82) is 0 Å². The van der Waals surface area contributed by atoms with Gasteiger partial charge in [0.05, 0.1) is 25.4 Å². The largest absolute Gasteiger partial charge is 0.466 e. The number of rotatable bonds is 50. The summed E-state index contributed by atoms with van der Waals surface area (Å²) in [6.45, 7) is 4.92. The number of aliphatic hydroxyl groups is 2. The monoisotopic (exact) mass is 848 g/mol. The number of amides is 1. The average molecular weight is 848 g/mol. The van der Waals surface area contributed by atoms with Gasteiger partial charge in [-0.3, -0.25) is 9.59 Å². The molecule has 0 saturated heterocycles. The number of ether oxygens (including phenoxy) is 1. The van der Waals surface area contributed by atoms with Crippen LogP contribution in [0.5, 0.6) is 0 Å². The quantitative estimate of drug-likeness (QED) is 0.0322. The highest BCUT2D eigenvalue weighted by molar-refractivity contribution is 5.76. The lowest BCUT2D eigenvalue weighted by Crippen LogP contribution is -2.45. The number of hydrogen-bond donors (Lipinski definition) is 3. The number of unbranched alkanes of at least 4 members (excludes halogenated alkanes) is 37. The number of esters is 1. The van der Waals surface area contributed by atoms with Crippen molar-refractivity contribution in [2.75, 3.05) is 13.2 Å². The zero-order valence-corrected chi connectivity index (χ0v) is 40.5. The van der Waals surface area contributed by atoms with Crippen LogP contribution in [0.3, 0.4) is 0 Å². The summed E-state index contributed by atoms with van der Waals surface area (Å²) in [6.07, 6.45) is 57.6. The van der Waals surface area contributed by atoms with Crippen molar-refractivity contribution in [3.8, 4) is 0 Å². The second-order valence-electron chi connectivity index (χ2n) is 18.6. The van der Waals surface area contributed by atoms with Crippen molar-refractivity contribution in [3.05, 3.63) is 12.2 Å². The Balaban J connectivity index is 3.48. The van der Waals surface area contributed by atoms with E-state index in [0.717, 1.165) is 70.6 Å². The third-order valence-corrected chi connectivity index (χ3v) is 12.6. The molecule has 0 radical (unpaired) electrons. The zero-order valence-electron chi connectivity index (χ0n) is 40.5. The van der Waals surface area contributed by atoms with Crippen molar-refractivity contribution >= 4 is 11.9 Å². The molecule has 0 aromatic carbocycles. The van der Waals surface area contributed by atoms with Gasteiger partial charge in [-0.2, -0.15) is 0 Å². The van der Waals surface area contributed by atoms with Gasteiger partial charge in [-0.15, -0.1) is 0 Å². The van der Waals surface area contributed by atoms with Gasteiger partial charge < -0.3 is 20.3 Å². The van der Waals surface area contributed by atoms with Crippen LogP contribution in [0.1, 0.15) is 296 Å². The van der Waals surface area contributed by atoms with Crippen molar-refractivity contribution in [2.45, 2.75) is 309 Å². The van der Waals surface area contributed by atoms with Crippen molar-refractivity contribution in [1.82, 2.24) is 5.32 Å². The molecule has 0 aliphatic carbocycles. The van der Waals surface area contributed by atoms with Crippen LogP contribution in [0.4, 0.5) is 0 Å². The molecule has 0 heterocycles. The van der Waals surface area contributed by atoms with E-state index in [9.17, 15) is 19.8 Å². The summed E-state index contributed by atoms with van der Waals surface area (Å²) in [5, 5.41) is 23.2. The number of aliphatic hydroxyl groups excluding tert-OH is 2. The normalized spacial score (nSPS) is 12.7. The van der Waals surface area contributed by atoms with Crippen LogP contribution in [0.25, 0.3) is 0 Å². The number of carbonyl (C=O) groups excluding carboxylic acids is 2. The Morgan fingerprint density at radius 3 is 1.20 bits per heavy atom. The van der Waals surface area contributed by atoms with Crippen molar-refractivity contribution in [2.24, 2.45) is 0 Å². The fourth-order valence-corrected chi connectivity index (χ4v) is 8.40. The Morgan fingerprint density at radius 1 is 0.450 bits per heavy atom. The molecule has 6 heteroatoms. The number of nitrogens with one attached hydrogen (secondary N) is 1. The summed E-state index contributed by atoms with van der Waals surface area (Å²) in [5.74, 6) is -0.0728. The molecule has 356 valence electrons. The van der Waals surface area contributed by atoms with Crippen LogP contribution < -0.4 is 5.32 Å². The van der Waals surface area contributed by atoms with Gasteiger partial charge in [0.1, 0.15) is 0 Å². The maximum atomic E-state index is 12.4. The summed E-state index contributed by atoms with van der Waals surface area (Å²) >= 11 is 0. The van der Waals surface area contributed by atoms with E-state index in [2.05, 4.69) is 31.3 Å². The molecule has 0 aliphatic rings. The summed E-state index contributed by atoms with van der Waals surface area (Å²) in [6, 6.07) is -0.560. The van der Waals surface area contributed by atoms with E-state index in [4.69, 9.17) is 4.74 Å². The minimum absolute atomic E-state index is 0.00988. The lowest BCUT2D eigenvalue weighted by Gasteiger charge is -2.22. The number of allylic oxidation sites excluding steroid dienone is 2. The first-order chi connectivity index (χ1) is 29.5. The molecule has 2 atom stereocenters. The van der Waals surface area contributed by atoms with Gasteiger partial charge in [0, 0.05) is 12.8 Å². The second-order valence-corrected chi connectivity index (χ2v) is 18.6. The molecule has 6 nitrogen and oxygen atoms in total. The molecule has 1 amide bonds. The van der Waals surface area contributed by atoms with Gasteiger partial charge in [-0.05, 0) is 51.4 Å². The van der Waals surface area contributed by atoms with E-state index in [1.807, 2.05) is 0 Å². The molecule has 0 bridgehead atoms. The summed E-state index contributed by atoms with van der Waals surface area (Å²) in [5.41, 5.74) is 0. The molecular formula is C54H105NO5. The maximum Gasteiger partial charge on any atom is 0.305 e. The molecular weight excluding hydrogens is 743 g/mol. The van der Waals surface area contributed by atoms with E-state index < -0.39 is 12.1 Å². The fraction of sp³-hybridized carbons (Fsp3) is 0.926. The van der Waals surface area contributed by atoms with Crippen LogP contribution in [0.2, 0.25) is 0 Å². The van der Waals surface area contributed by atoms with Gasteiger partial charge in [0.15, 0.2) is 0 Å². The first kappa shape index (κ1) is 58.6. The molecule has 3 N–H and O–H groups in total. The van der Waals surface area contributed by atoms with Gasteiger partial charge in [-0.1, -0.05) is 244 Å². The summed E-state index contributed by atoms with van der Waals surface area (Å²) in [4.78, 5) is 24.5. The number of hydrogen-bond acceptors (Lipinski definition) is 5. The van der Waals surface area contributed by atoms with Crippen molar-refractivity contribution < 1.29 is 24.5 Å². The molecule has 0 fully saturated rings. The molecule has 0 aromatic heterocycles. The molecule has 0 aliphatic heterocycles. The van der Waals surface area contributed by atoms with Crippen LogP contribution in [-0.4, -0.2) is 47.4 Å². The van der Waals surface area contributed by atoms with E-state index in [0.29, 0.717) is 25.9 Å². The van der Waals surface area contributed by atoms with Gasteiger partial charge in [0.25, 0.3) is 0 Å². The van der Waals surface area contributed by atoms with Gasteiger partial charge in [-0.25, -0.2) is 0 Å². The van der Waals surface area contributed by atoms with E-state index in [1.165, 1.54) is 193 Å². The number of carbonyl (C=O) groups is 2. The third-order valence-electron chi connectivity index (χ3n) is 12.6. The Hall–Kier alpha value is -1.40. The molecule has 0 aromatic rings. The Kier molecular flexibility index (Phi) is 49.1. The lowest BCUT2D eigenvalue weighted by molar-refractivity contribution is -0.143. The molecule has 0 rings (SSSR count). The van der Waals surface area contributed by atoms with E-state index >= 15 is 0 Å². The van der Waals surface area contributed by atoms with E-state index in [-0.39, 0.29) is 18.5 Å². The van der Waals surface area contributed by atoms with Crippen LogP contribution in [0.15, 0.2) is 12.2 Å². The molecule has 60 heavy (non-hydrogen) atoms. The lowest BCUT2D eigenvalue weighted by atomic mass is 10.0. The first-order valence-corrected chi connectivity index (χ1v) is 26.9. The smallest absolute Gasteiger partial charge is 0.305 e. The van der Waals surface area contributed by atoms with Crippen molar-refractivity contribution in [3.63, 3.8) is 0 Å². The fourth-order valence-electron chi connectivity index (χ4n) is 8.40. The minimum atomic E-state index is -0.680. The Morgan fingerprint density at radius 2 is 0.783 bits per heavy atom. The molecule has 0 spiro atoms. The topological polar surface area (TPSA) is 95.9 Å². The SMILES string of the molecule is CCCCCCCCCCCCCCCCCCC(O)C(CO)NC(=O)CCCCC/C=C\CCCCCCCCOC(=O)CCCCCCCCCCCCCCCC. The third kappa shape index (κ3) is 46.1. The predicted molar refractivity (Wildman–Crippen MR) is 260 cm³/mol. The molecule has 0 saturated carbocycles. The van der Waals surface area contributed by atoms with Crippen LogP contribution >= 0.6 is 0 Å². The first-order valence-electron chi connectivity index (χ1n) is 26.9.